The highest BCUT2D eigenvalue weighted by molar-refractivity contribution is 6.05. The van der Waals surface area contributed by atoms with Crippen LogP contribution in [0.3, 0.4) is 0 Å². The fourth-order valence-corrected chi connectivity index (χ4v) is 1.50. The van der Waals surface area contributed by atoms with E-state index in [1.54, 1.807) is 18.2 Å². The highest BCUT2D eigenvalue weighted by Gasteiger charge is 2.12. The van der Waals surface area contributed by atoms with Crippen LogP contribution in [0.1, 0.15) is 27.8 Å². The number of phenols is 1. The molecule has 5 heteroatoms. The van der Waals surface area contributed by atoms with Crippen molar-refractivity contribution in [2.45, 2.75) is 6.92 Å². The van der Waals surface area contributed by atoms with Gasteiger partial charge in [0.25, 0.3) is 5.91 Å². The van der Waals surface area contributed by atoms with Crippen molar-refractivity contribution < 1.29 is 14.7 Å². The quantitative estimate of drug-likeness (QED) is 0.571. The van der Waals surface area contributed by atoms with Crippen LogP contribution in [-0.4, -0.2) is 21.8 Å². The van der Waals surface area contributed by atoms with Gasteiger partial charge in [-0.25, -0.2) is 0 Å². The molecule has 0 aliphatic carbocycles. The van der Waals surface area contributed by atoms with Gasteiger partial charge in [0.05, 0.1) is 5.69 Å². The molecule has 5 nitrogen and oxygen atoms in total. The first kappa shape index (κ1) is 11.9. The summed E-state index contributed by atoms with van der Waals surface area (Å²) in [5, 5.41) is 12.1. The number of carbonyl (C=O) groups excluding carboxylic acids is 2. The Kier molecular flexibility index (Phi) is 3.14. The molecule has 0 saturated carbocycles. The van der Waals surface area contributed by atoms with Crippen molar-refractivity contribution in [2.24, 2.45) is 0 Å². The molecule has 0 saturated heterocycles. The number of nitrogens with one attached hydrogen (secondary N) is 2. The van der Waals surface area contributed by atoms with E-state index in [1.165, 1.54) is 25.3 Å². The van der Waals surface area contributed by atoms with Crippen LogP contribution in [0.4, 0.5) is 5.69 Å². The third kappa shape index (κ3) is 2.40. The highest BCUT2D eigenvalue weighted by atomic mass is 16.3. The van der Waals surface area contributed by atoms with Gasteiger partial charge in [-0.2, -0.15) is 0 Å². The Bertz CT molecular complexity index is 602. The van der Waals surface area contributed by atoms with Crippen molar-refractivity contribution in [3.63, 3.8) is 0 Å². The number of ketones is 1. The molecule has 0 fully saturated rings. The number of carbonyl (C=O) groups is 2. The Balaban J connectivity index is 2.17. The number of aromatic nitrogens is 1. The number of anilines is 1. The molecule has 0 aliphatic rings. The molecule has 1 heterocycles. The summed E-state index contributed by atoms with van der Waals surface area (Å²) in [4.78, 5) is 25.7. The van der Waals surface area contributed by atoms with E-state index in [0.717, 1.165) is 0 Å². The first-order chi connectivity index (χ1) is 8.58. The van der Waals surface area contributed by atoms with Gasteiger partial charge in [0.15, 0.2) is 5.78 Å². The van der Waals surface area contributed by atoms with Crippen LogP contribution in [0.25, 0.3) is 0 Å². The van der Waals surface area contributed by atoms with Crippen LogP contribution < -0.4 is 5.32 Å². The molecule has 0 radical (unpaired) electrons. The number of phenolic OH excluding ortho intramolecular Hbond substituents is 1. The number of rotatable bonds is 3. The zero-order chi connectivity index (χ0) is 13.1. The van der Waals surface area contributed by atoms with E-state index in [-0.39, 0.29) is 17.2 Å². The third-order valence-electron chi connectivity index (χ3n) is 2.49. The van der Waals surface area contributed by atoms with Gasteiger partial charge in [0.1, 0.15) is 11.4 Å². The molecule has 2 rings (SSSR count). The Labute approximate surface area is 103 Å². The summed E-state index contributed by atoms with van der Waals surface area (Å²) in [6.45, 7) is 1.42. The molecule has 0 unspecified atom stereocenters. The topological polar surface area (TPSA) is 82.2 Å². The molecule has 2 aromatic rings. The summed E-state index contributed by atoms with van der Waals surface area (Å²) in [7, 11) is 0. The monoisotopic (exact) mass is 244 g/mol. The maximum Gasteiger partial charge on any atom is 0.272 e. The summed E-state index contributed by atoms with van der Waals surface area (Å²) in [6, 6.07) is 7.89. The predicted octanol–water partition coefficient (Wildman–Crippen LogP) is 2.18. The largest absolute Gasteiger partial charge is 0.506 e. The maximum absolute atomic E-state index is 11.8. The van der Waals surface area contributed by atoms with E-state index in [0.29, 0.717) is 11.3 Å². The number of hydrogen-bond acceptors (Lipinski definition) is 3. The lowest BCUT2D eigenvalue weighted by Gasteiger charge is -2.05. The van der Waals surface area contributed by atoms with Gasteiger partial charge in [-0.3, -0.25) is 9.59 Å². The second kappa shape index (κ2) is 4.75. The summed E-state index contributed by atoms with van der Waals surface area (Å²) in [5.74, 6) is -0.541. The molecular weight excluding hydrogens is 232 g/mol. The van der Waals surface area contributed by atoms with Gasteiger partial charge in [-0.15, -0.1) is 0 Å². The molecule has 0 spiro atoms. The van der Waals surface area contributed by atoms with Gasteiger partial charge >= 0.3 is 0 Å². The van der Waals surface area contributed by atoms with Gasteiger partial charge < -0.3 is 15.4 Å². The number of para-hydroxylation sites is 2. The fraction of sp³-hybridized carbons (Fsp3) is 0.0769. The minimum atomic E-state index is -0.413. The second-order valence-corrected chi connectivity index (χ2v) is 3.83. The number of H-pyrrole nitrogens is 1. The average molecular weight is 244 g/mol. The Morgan fingerprint density at radius 3 is 2.61 bits per heavy atom. The molecule has 1 amide bonds. The minimum Gasteiger partial charge on any atom is -0.506 e. The molecule has 0 bridgehead atoms. The molecule has 92 valence electrons. The minimum absolute atomic E-state index is 0.0100. The first-order valence-electron chi connectivity index (χ1n) is 5.36. The molecule has 18 heavy (non-hydrogen) atoms. The van der Waals surface area contributed by atoms with Crippen molar-refractivity contribution in [1.29, 1.82) is 0 Å². The number of aromatic hydroxyl groups is 1. The normalized spacial score (nSPS) is 10.1. The molecular formula is C13H12N2O3. The Morgan fingerprint density at radius 2 is 2.00 bits per heavy atom. The highest BCUT2D eigenvalue weighted by Crippen LogP contribution is 2.22. The van der Waals surface area contributed by atoms with Crippen LogP contribution in [0.2, 0.25) is 0 Å². The molecule has 1 aromatic heterocycles. The standard InChI is InChI=1S/C13H12N2O3/c1-8(16)9-6-11(14-7-9)13(18)15-10-4-2-3-5-12(10)17/h2-7,14,17H,1H3,(H,15,18). The second-order valence-electron chi connectivity index (χ2n) is 3.83. The summed E-state index contributed by atoms with van der Waals surface area (Å²) < 4.78 is 0. The van der Waals surface area contributed by atoms with E-state index >= 15 is 0 Å². The van der Waals surface area contributed by atoms with E-state index in [1.807, 2.05) is 0 Å². The number of amides is 1. The number of benzene rings is 1. The summed E-state index contributed by atoms with van der Waals surface area (Å²) in [5.41, 5.74) is 1.03. The first-order valence-corrected chi connectivity index (χ1v) is 5.36. The lowest BCUT2D eigenvalue weighted by molar-refractivity contribution is 0.101. The lowest BCUT2D eigenvalue weighted by atomic mass is 10.2. The van der Waals surface area contributed by atoms with Crippen LogP contribution in [0, 0.1) is 0 Å². The number of aromatic amines is 1. The summed E-state index contributed by atoms with van der Waals surface area (Å²) >= 11 is 0. The average Bonchev–Trinajstić information content (AvgIpc) is 2.81. The molecule has 1 aromatic carbocycles. The lowest BCUT2D eigenvalue weighted by Crippen LogP contribution is -2.12. The predicted molar refractivity (Wildman–Crippen MR) is 66.9 cm³/mol. The van der Waals surface area contributed by atoms with Gasteiger partial charge in [-0.05, 0) is 25.1 Å². The van der Waals surface area contributed by atoms with E-state index in [4.69, 9.17) is 0 Å². The van der Waals surface area contributed by atoms with E-state index in [2.05, 4.69) is 10.3 Å². The van der Waals surface area contributed by atoms with Crippen LogP contribution >= 0.6 is 0 Å². The van der Waals surface area contributed by atoms with Crippen LogP contribution in [-0.2, 0) is 0 Å². The SMILES string of the molecule is CC(=O)c1c[nH]c(C(=O)Nc2ccccc2O)c1. The number of Topliss-reactive ketones (excluding diaryl/α,β-unsaturated/α-hetero) is 1. The molecule has 0 atom stereocenters. The zero-order valence-corrected chi connectivity index (χ0v) is 9.73. The molecule has 3 N–H and O–H groups in total. The van der Waals surface area contributed by atoms with E-state index in [9.17, 15) is 14.7 Å². The Morgan fingerprint density at radius 1 is 1.28 bits per heavy atom. The van der Waals surface area contributed by atoms with Gasteiger partial charge in [-0.1, -0.05) is 12.1 Å². The maximum atomic E-state index is 11.8. The Hall–Kier alpha value is -2.56. The smallest absolute Gasteiger partial charge is 0.272 e. The van der Waals surface area contributed by atoms with Crippen LogP contribution in [0.5, 0.6) is 5.75 Å². The van der Waals surface area contributed by atoms with Crippen LogP contribution in [0.15, 0.2) is 36.5 Å². The van der Waals surface area contributed by atoms with Crippen molar-refractivity contribution in [3.8, 4) is 5.75 Å². The van der Waals surface area contributed by atoms with Crippen molar-refractivity contribution in [3.05, 3.63) is 47.8 Å². The van der Waals surface area contributed by atoms with Crippen molar-refractivity contribution in [2.75, 3.05) is 5.32 Å². The zero-order valence-electron chi connectivity index (χ0n) is 9.73. The van der Waals surface area contributed by atoms with E-state index < -0.39 is 5.91 Å². The fourth-order valence-electron chi connectivity index (χ4n) is 1.50. The third-order valence-corrected chi connectivity index (χ3v) is 2.49. The molecule has 0 aliphatic heterocycles. The van der Waals surface area contributed by atoms with Gasteiger partial charge in [0.2, 0.25) is 0 Å². The van der Waals surface area contributed by atoms with Gasteiger partial charge in [0, 0.05) is 11.8 Å². The van der Waals surface area contributed by atoms with Crippen molar-refractivity contribution in [1.82, 2.24) is 4.98 Å². The summed E-state index contributed by atoms with van der Waals surface area (Å²) in [6.07, 6.45) is 1.47. The number of hydrogen-bond donors (Lipinski definition) is 3. The van der Waals surface area contributed by atoms with Crippen molar-refractivity contribution >= 4 is 17.4 Å².